The largest absolute Gasteiger partial charge is 0.492 e. The Morgan fingerprint density at radius 2 is 1.86 bits per heavy atom. The van der Waals surface area contributed by atoms with Gasteiger partial charge >= 0.3 is 12.1 Å². The van der Waals surface area contributed by atoms with Gasteiger partial charge in [-0.25, -0.2) is 9.59 Å². The number of para-hydroxylation sites is 1. The van der Waals surface area contributed by atoms with E-state index >= 15 is 0 Å². The zero-order valence-electron chi connectivity index (χ0n) is 22.0. The molecule has 0 saturated carbocycles. The molecule has 0 aromatic heterocycles. The van der Waals surface area contributed by atoms with Crippen LogP contribution in [0, 0.1) is 0 Å². The minimum absolute atomic E-state index is 0.00694. The number of piperazine rings is 1. The van der Waals surface area contributed by atoms with Gasteiger partial charge in [0.25, 0.3) is 0 Å². The second-order valence-corrected chi connectivity index (χ2v) is 9.52. The molecule has 1 atom stereocenters. The van der Waals surface area contributed by atoms with Crippen molar-refractivity contribution in [3.8, 4) is 5.75 Å². The molecule has 1 aromatic carbocycles. The molecule has 0 radical (unpaired) electrons. The van der Waals surface area contributed by atoms with Crippen LogP contribution < -0.4 is 20.3 Å². The second kappa shape index (κ2) is 13.7. The van der Waals surface area contributed by atoms with Gasteiger partial charge in [-0.2, -0.15) is 0 Å². The van der Waals surface area contributed by atoms with Gasteiger partial charge in [-0.15, -0.1) is 0 Å². The lowest BCUT2D eigenvalue weighted by molar-refractivity contribution is -0.140. The number of aliphatic carboxylic acids is 1. The number of amides is 2. The van der Waals surface area contributed by atoms with E-state index in [1.807, 2.05) is 18.2 Å². The highest BCUT2D eigenvalue weighted by Gasteiger charge is 2.27. The van der Waals surface area contributed by atoms with Crippen LogP contribution in [0.1, 0.15) is 52.4 Å². The first-order chi connectivity index (χ1) is 17.8. The zero-order chi connectivity index (χ0) is 26.8. The molecular weight excluding hydrogens is 478 g/mol. The summed E-state index contributed by atoms with van der Waals surface area (Å²) in [5, 5.41) is 15.2. The number of anilines is 2. The summed E-state index contributed by atoms with van der Waals surface area (Å²) in [5.74, 6) is 0.389. The zero-order valence-corrected chi connectivity index (χ0v) is 22.0. The molecule has 1 fully saturated rings. The van der Waals surface area contributed by atoms with E-state index in [-0.39, 0.29) is 24.9 Å². The van der Waals surface area contributed by atoms with Gasteiger partial charge in [-0.1, -0.05) is 12.5 Å². The Bertz CT molecular complexity index is 974. The van der Waals surface area contributed by atoms with Gasteiger partial charge in [0.1, 0.15) is 11.9 Å². The number of rotatable bonds is 9. The lowest BCUT2D eigenvalue weighted by Crippen LogP contribution is -2.49. The number of methoxy groups -OCH3 is 1. The monoisotopic (exact) mass is 517 g/mol. The molecule has 0 spiro atoms. The van der Waals surface area contributed by atoms with E-state index in [0.717, 1.165) is 48.8 Å². The Kier molecular flexibility index (Phi) is 10.4. The van der Waals surface area contributed by atoms with Gasteiger partial charge in [0.2, 0.25) is 5.91 Å². The Balaban J connectivity index is 1.55. The third-order valence-corrected chi connectivity index (χ3v) is 6.40. The van der Waals surface area contributed by atoms with Crippen LogP contribution >= 0.6 is 0 Å². The Morgan fingerprint density at radius 3 is 2.54 bits per heavy atom. The maximum absolute atomic E-state index is 12.8. The number of hydrogen-bond acceptors (Lipinski definition) is 8. The predicted octanol–water partition coefficient (Wildman–Crippen LogP) is 3.10. The van der Waals surface area contributed by atoms with Gasteiger partial charge in [-0.3, -0.25) is 9.79 Å². The van der Waals surface area contributed by atoms with Crippen molar-refractivity contribution in [1.82, 2.24) is 10.2 Å². The molecule has 2 heterocycles. The highest BCUT2D eigenvalue weighted by molar-refractivity contribution is 5.98. The van der Waals surface area contributed by atoms with Crippen molar-refractivity contribution < 1.29 is 29.0 Å². The third kappa shape index (κ3) is 8.26. The van der Waals surface area contributed by atoms with Gasteiger partial charge < -0.3 is 35.0 Å². The smallest absolute Gasteiger partial charge is 0.408 e. The van der Waals surface area contributed by atoms with Gasteiger partial charge in [0, 0.05) is 45.6 Å². The maximum Gasteiger partial charge on any atom is 0.408 e. The number of carboxylic acid groups (broad SMARTS) is 1. The van der Waals surface area contributed by atoms with Crippen molar-refractivity contribution in [2.45, 2.75) is 64.5 Å². The average molecular weight is 518 g/mol. The molecule has 1 saturated heterocycles. The molecule has 2 aliphatic heterocycles. The van der Waals surface area contributed by atoms with Crippen LogP contribution in [0.4, 0.5) is 16.2 Å². The molecular formula is C26H39N5O6. The summed E-state index contributed by atoms with van der Waals surface area (Å²) in [6, 6.07) is 4.79. The van der Waals surface area contributed by atoms with Gasteiger partial charge in [0.15, 0.2) is 5.75 Å². The number of nitrogens with zero attached hydrogens (tertiary/aromatic N) is 3. The van der Waals surface area contributed by atoms with Crippen molar-refractivity contribution in [3.05, 3.63) is 18.2 Å². The number of nitrogens with one attached hydrogen (secondary N) is 2. The summed E-state index contributed by atoms with van der Waals surface area (Å²) >= 11 is 0. The van der Waals surface area contributed by atoms with Crippen molar-refractivity contribution in [3.63, 3.8) is 0 Å². The second-order valence-electron chi connectivity index (χ2n) is 9.52. The molecule has 0 aliphatic carbocycles. The normalized spacial score (nSPS) is 16.9. The summed E-state index contributed by atoms with van der Waals surface area (Å²) in [5.41, 5.74) is 1.83. The molecule has 204 valence electrons. The SMILES string of the molecule is COc1c(NC2=NCCCCC2)cccc1N1CCN(C(=O)CCC(NC(=O)OC(C)C)C(=O)O)CC1. The molecule has 11 heteroatoms. The van der Waals surface area contributed by atoms with Crippen molar-refractivity contribution in [1.29, 1.82) is 0 Å². The lowest BCUT2D eigenvalue weighted by Gasteiger charge is -2.37. The van der Waals surface area contributed by atoms with E-state index in [4.69, 9.17) is 9.47 Å². The van der Waals surface area contributed by atoms with Gasteiger partial charge in [0.05, 0.1) is 24.6 Å². The summed E-state index contributed by atoms with van der Waals surface area (Å²) in [6.07, 6.45) is 3.18. The predicted molar refractivity (Wildman–Crippen MR) is 142 cm³/mol. The standard InChI is InChI=1S/C26H39N5O6/c1-18(2)37-26(35)29-20(25(33)34)11-12-23(32)31-16-14-30(15-17-31)21-9-7-8-19(24(21)36-3)28-22-10-5-4-6-13-27-22/h7-9,18,20H,4-6,10-17H2,1-3H3,(H,27,28)(H,29,35)(H,33,34). The molecule has 1 unspecified atom stereocenters. The van der Waals surface area contributed by atoms with Crippen LogP contribution in [0.2, 0.25) is 0 Å². The first-order valence-corrected chi connectivity index (χ1v) is 13.0. The van der Waals surface area contributed by atoms with E-state index in [2.05, 4.69) is 20.5 Å². The van der Waals surface area contributed by atoms with Crippen molar-refractivity contribution in [2.24, 2.45) is 4.99 Å². The number of hydrogen-bond donors (Lipinski definition) is 3. The number of carbonyl (C=O) groups excluding carboxylic acids is 2. The molecule has 2 amide bonds. The van der Waals surface area contributed by atoms with E-state index in [1.165, 1.54) is 6.42 Å². The molecule has 2 aliphatic rings. The summed E-state index contributed by atoms with van der Waals surface area (Å²) in [7, 11) is 1.66. The fourth-order valence-corrected chi connectivity index (χ4v) is 4.49. The summed E-state index contributed by atoms with van der Waals surface area (Å²) in [4.78, 5) is 44.6. The minimum Gasteiger partial charge on any atom is -0.492 e. The number of aliphatic imine (C=N–C) groups is 1. The van der Waals surface area contributed by atoms with Crippen molar-refractivity contribution >= 4 is 35.2 Å². The number of benzene rings is 1. The maximum atomic E-state index is 12.8. The molecule has 37 heavy (non-hydrogen) atoms. The molecule has 3 N–H and O–H groups in total. The van der Waals surface area contributed by atoms with Crippen LogP contribution in [0.15, 0.2) is 23.2 Å². The average Bonchev–Trinajstić information content (AvgIpc) is 3.14. The quantitative estimate of drug-likeness (QED) is 0.455. The highest BCUT2D eigenvalue weighted by Crippen LogP contribution is 2.36. The fourth-order valence-electron chi connectivity index (χ4n) is 4.49. The molecule has 0 bridgehead atoms. The van der Waals surface area contributed by atoms with E-state index in [0.29, 0.717) is 26.2 Å². The molecule has 1 aromatic rings. The number of alkyl carbamates (subject to hydrolysis) is 1. The summed E-state index contributed by atoms with van der Waals surface area (Å²) in [6.45, 7) is 6.44. The number of amidine groups is 1. The molecule has 11 nitrogen and oxygen atoms in total. The van der Waals surface area contributed by atoms with E-state index in [9.17, 15) is 19.5 Å². The molecule has 3 rings (SSSR count). The highest BCUT2D eigenvalue weighted by atomic mass is 16.6. The topological polar surface area (TPSA) is 133 Å². The number of carbonyl (C=O) groups is 3. The minimum atomic E-state index is -1.20. The fraction of sp³-hybridized carbons (Fsp3) is 0.615. The third-order valence-electron chi connectivity index (χ3n) is 6.40. The number of carboxylic acids is 1. The lowest BCUT2D eigenvalue weighted by atomic mass is 10.1. The van der Waals surface area contributed by atoms with Crippen LogP contribution in [0.3, 0.4) is 0 Å². The van der Waals surface area contributed by atoms with Gasteiger partial charge in [-0.05, 0) is 45.2 Å². The Hall–Kier alpha value is -3.50. The van der Waals surface area contributed by atoms with E-state index < -0.39 is 18.1 Å². The number of ether oxygens (including phenoxy) is 2. The van der Waals surface area contributed by atoms with E-state index in [1.54, 1.807) is 25.9 Å². The first-order valence-electron chi connectivity index (χ1n) is 13.0. The van der Waals surface area contributed by atoms with Crippen LogP contribution in [0.5, 0.6) is 5.75 Å². The Labute approximate surface area is 218 Å². The van der Waals surface area contributed by atoms with Crippen LogP contribution in [-0.2, 0) is 14.3 Å². The van der Waals surface area contributed by atoms with Crippen LogP contribution in [0.25, 0.3) is 0 Å². The summed E-state index contributed by atoms with van der Waals surface area (Å²) < 4.78 is 10.7. The Morgan fingerprint density at radius 1 is 1.11 bits per heavy atom. The van der Waals surface area contributed by atoms with Crippen molar-refractivity contribution in [2.75, 3.05) is 50.1 Å². The van der Waals surface area contributed by atoms with Crippen LogP contribution in [-0.4, -0.2) is 85.8 Å². The first kappa shape index (κ1) is 28.1.